The van der Waals surface area contributed by atoms with Crippen LogP contribution in [0.25, 0.3) is 0 Å². The van der Waals surface area contributed by atoms with Gasteiger partial charge in [0.05, 0.1) is 6.10 Å². The summed E-state index contributed by atoms with van der Waals surface area (Å²) in [5.74, 6) is 0. The third kappa shape index (κ3) is 4.35. The lowest BCUT2D eigenvalue weighted by atomic mass is 10.0. The SMILES string of the molecule is CN(C)C(=O)N1CCC(NCC2CCCCO2)CC1. The zero-order valence-corrected chi connectivity index (χ0v) is 12.2. The molecule has 1 unspecified atom stereocenters. The van der Waals surface area contributed by atoms with Gasteiger partial charge in [-0.2, -0.15) is 0 Å². The summed E-state index contributed by atoms with van der Waals surface area (Å²) in [6.07, 6.45) is 6.18. The van der Waals surface area contributed by atoms with E-state index in [0.717, 1.165) is 39.1 Å². The van der Waals surface area contributed by atoms with E-state index in [2.05, 4.69) is 5.32 Å². The third-order valence-electron chi connectivity index (χ3n) is 4.06. The lowest BCUT2D eigenvalue weighted by molar-refractivity contribution is 0.0141. The number of carbonyl (C=O) groups excluding carboxylic acids is 1. The van der Waals surface area contributed by atoms with Crippen molar-refractivity contribution in [3.05, 3.63) is 0 Å². The average Bonchev–Trinajstić information content (AvgIpc) is 2.46. The molecule has 5 nitrogen and oxygen atoms in total. The van der Waals surface area contributed by atoms with Gasteiger partial charge in [-0.05, 0) is 32.1 Å². The van der Waals surface area contributed by atoms with Crippen LogP contribution < -0.4 is 5.32 Å². The van der Waals surface area contributed by atoms with E-state index >= 15 is 0 Å². The van der Waals surface area contributed by atoms with E-state index in [4.69, 9.17) is 4.74 Å². The molecular weight excluding hydrogens is 242 g/mol. The Hall–Kier alpha value is -0.810. The lowest BCUT2D eigenvalue weighted by Crippen LogP contribution is -2.49. The molecule has 2 fully saturated rings. The quantitative estimate of drug-likeness (QED) is 0.840. The summed E-state index contributed by atoms with van der Waals surface area (Å²) < 4.78 is 5.73. The number of carbonyl (C=O) groups is 1. The molecule has 19 heavy (non-hydrogen) atoms. The second-order valence-electron chi connectivity index (χ2n) is 5.84. The van der Waals surface area contributed by atoms with Crippen molar-refractivity contribution in [3.63, 3.8) is 0 Å². The maximum absolute atomic E-state index is 11.8. The smallest absolute Gasteiger partial charge is 0.319 e. The number of hydrogen-bond donors (Lipinski definition) is 1. The van der Waals surface area contributed by atoms with Crippen LogP contribution in [0.5, 0.6) is 0 Å². The Morgan fingerprint density at radius 3 is 2.58 bits per heavy atom. The third-order valence-corrected chi connectivity index (χ3v) is 4.06. The Labute approximate surface area is 116 Å². The first-order valence-electron chi connectivity index (χ1n) is 7.48. The maximum atomic E-state index is 11.8. The Morgan fingerprint density at radius 2 is 2.00 bits per heavy atom. The van der Waals surface area contributed by atoms with Gasteiger partial charge < -0.3 is 19.9 Å². The van der Waals surface area contributed by atoms with Crippen LogP contribution in [0.15, 0.2) is 0 Å². The highest BCUT2D eigenvalue weighted by Gasteiger charge is 2.24. The van der Waals surface area contributed by atoms with Crippen LogP contribution in [0.1, 0.15) is 32.1 Å². The topological polar surface area (TPSA) is 44.8 Å². The van der Waals surface area contributed by atoms with Gasteiger partial charge in [0.2, 0.25) is 0 Å². The van der Waals surface area contributed by atoms with Gasteiger partial charge >= 0.3 is 6.03 Å². The zero-order valence-electron chi connectivity index (χ0n) is 12.2. The van der Waals surface area contributed by atoms with Gasteiger partial charge in [0, 0.05) is 46.4 Å². The number of nitrogens with zero attached hydrogens (tertiary/aromatic N) is 2. The summed E-state index contributed by atoms with van der Waals surface area (Å²) >= 11 is 0. The predicted molar refractivity (Wildman–Crippen MR) is 75.3 cm³/mol. The molecule has 1 atom stereocenters. The van der Waals surface area contributed by atoms with Crippen LogP contribution in [0.4, 0.5) is 4.79 Å². The van der Waals surface area contributed by atoms with Gasteiger partial charge in [0.25, 0.3) is 0 Å². The maximum Gasteiger partial charge on any atom is 0.319 e. The molecule has 0 aromatic heterocycles. The van der Waals surface area contributed by atoms with Crippen molar-refractivity contribution in [2.45, 2.75) is 44.2 Å². The summed E-state index contributed by atoms with van der Waals surface area (Å²) in [4.78, 5) is 15.4. The van der Waals surface area contributed by atoms with Crippen LogP contribution >= 0.6 is 0 Å². The van der Waals surface area contributed by atoms with Crippen molar-refractivity contribution in [1.29, 1.82) is 0 Å². The van der Waals surface area contributed by atoms with E-state index in [9.17, 15) is 4.79 Å². The minimum atomic E-state index is 0.133. The van der Waals surface area contributed by atoms with E-state index in [0.29, 0.717) is 12.1 Å². The molecule has 1 N–H and O–H groups in total. The first kappa shape index (κ1) is 14.6. The van der Waals surface area contributed by atoms with Gasteiger partial charge in [-0.1, -0.05) is 0 Å². The first-order valence-corrected chi connectivity index (χ1v) is 7.48. The van der Waals surface area contributed by atoms with Crippen molar-refractivity contribution in [3.8, 4) is 0 Å². The van der Waals surface area contributed by atoms with Crippen molar-refractivity contribution in [2.24, 2.45) is 0 Å². The molecule has 2 aliphatic rings. The largest absolute Gasteiger partial charge is 0.377 e. The number of piperidine rings is 1. The fourth-order valence-electron chi connectivity index (χ4n) is 2.82. The molecule has 2 aliphatic heterocycles. The Morgan fingerprint density at radius 1 is 1.26 bits per heavy atom. The molecule has 2 amide bonds. The summed E-state index contributed by atoms with van der Waals surface area (Å²) in [6.45, 7) is 3.61. The molecule has 5 heteroatoms. The van der Waals surface area contributed by atoms with Gasteiger partial charge in [-0.15, -0.1) is 0 Å². The molecule has 0 saturated carbocycles. The van der Waals surface area contributed by atoms with E-state index in [1.807, 2.05) is 19.0 Å². The molecule has 0 spiro atoms. The van der Waals surface area contributed by atoms with E-state index < -0.39 is 0 Å². The summed E-state index contributed by atoms with van der Waals surface area (Å²) in [5.41, 5.74) is 0. The van der Waals surface area contributed by atoms with E-state index in [-0.39, 0.29) is 6.03 Å². The molecule has 0 radical (unpaired) electrons. The first-order chi connectivity index (χ1) is 9.16. The molecule has 2 heterocycles. The molecule has 0 aromatic rings. The van der Waals surface area contributed by atoms with Gasteiger partial charge in [0.15, 0.2) is 0 Å². The second kappa shape index (κ2) is 7.10. The number of nitrogens with one attached hydrogen (secondary N) is 1. The number of amides is 2. The van der Waals surface area contributed by atoms with Gasteiger partial charge in [-0.25, -0.2) is 4.79 Å². The van der Waals surface area contributed by atoms with Gasteiger partial charge in [0.1, 0.15) is 0 Å². The second-order valence-corrected chi connectivity index (χ2v) is 5.84. The molecule has 2 rings (SSSR count). The van der Waals surface area contributed by atoms with Gasteiger partial charge in [-0.3, -0.25) is 0 Å². The normalized spacial score (nSPS) is 25.4. The highest BCUT2D eigenvalue weighted by molar-refractivity contribution is 5.73. The lowest BCUT2D eigenvalue weighted by Gasteiger charge is -2.35. The van der Waals surface area contributed by atoms with Crippen LogP contribution in [-0.2, 0) is 4.74 Å². The minimum absolute atomic E-state index is 0.133. The zero-order chi connectivity index (χ0) is 13.7. The van der Waals surface area contributed by atoms with E-state index in [1.165, 1.54) is 19.3 Å². The Balaban J connectivity index is 1.64. The Kier molecular flexibility index (Phi) is 5.45. The van der Waals surface area contributed by atoms with Crippen LogP contribution in [0, 0.1) is 0 Å². The standard InChI is InChI=1S/C14H27N3O2/c1-16(2)14(18)17-8-6-12(7-9-17)15-11-13-5-3-4-10-19-13/h12-13,15H,3-11H2,1-2H3. The summed E-state index contributed by atoms with van der Waals surface area (Å²) in [7, 11) is 3.63. The molecule has 110 valence electrons. The van der Waals surface area contributed by atoms with Crippen LogP contribution in [-0.4, -0.2) is 68.3 Å². The molecule has 0 aromatic carbocycles. The van der Waals surface area contributed by atoms with Crippen molar-refractivity contribution < 1.29 is 9.53 Å². The number of likely N-dealkylation sites (tertiary alicyclic amines) is 1. The highest BCUT2D eigenvalue weighted by Crippen LogP contribution is 2.14. The number of ether oxygens (including phenoxy) is 1. The number of hydrogen-bond acceptors (Lipinski definition) is 3. The minimum Gasteiger partial charge on any atom is -0.377 e. The monoisotopic (exact) mass is 269 g/mol. The van der Waals surface area contributed by atoms with Crippen molar-refractivity contribution >= 4 is 6.03 Å². The van der Waals surface area contributed by atoms with Crippen molar-refractivity contribution in [2.75, 3.05) is 40.3 Å². The number of urea groups is 1. The van der Waals surface area contributed by atoms with E-state index in [1.54, 1.807) is 4.90 Å². The average molecular weight is 269 g/mol. The molecule has 0 aliphatic carbocycles. The van der Waals surface area contributed by atoms with Crippen molar-refractivity contribution in [1.82, 2.24) is 15.1 Å². The Bertz CT molecular complexity index is 282. The van der Waals surface area contributed by atoms with Crippen LogP contribution in [0.2, 0.25) is 0 Å². The van der Waals surface area contributed by atoms with Crippen LogP contribution in [0.3, 0.4) is 0 Å². The fraction of sp³-hybridized carbons (Fsp3) is 0.929. The molecular formula is C14H27N3O2. The summed E-state index contributed by atoms with van der Waals surface area (Å²) in [6, 6.07) is 0.672. The molecule has 2 saturated heterocycles. The summed E-state index contributed by atoms with van der Waals surface area (Å²) in [5, 5.41) is 3.60. The highest BCUT2D eigenvalue weighted by atomic mass is 16.5. The predicted octanol–water partition coefficient (Wildman–Crippen LogP) is 1.29. The fourth-order valence-corrected chi connectivity index (χ4v) is 2.82. The number of rotatable bonds is 3. The molecule has 0 bridgehead atoms.